The molecule has 0 spiro atoms. The second-order valence-corrected chi connectivity index (χ2v) is 29.3. The van der Waals surface area contributed by atoms with Gasteiger partial charge in [0.25, 0.3) is 0 Å². The highest BCUT2D eigenvalue weighted by Gasteiger charge is 2.52. The van der Waals surface area contributed by atoms with Gasteiger partial charge in [-0.15, -0.1) is 20.4 Å². The third-order valence-electron chi connectivity index (χ3n) is 18.7. The maximum absolute atomic E-state index is 13.2. The van der Waals surface area contributed by atoms with E-state index >= 15 is 0 Å². The van der Waals surface area contributed by atoms with E-state index < -0.39 is 18.3 Å². The number of nitrogens with zero attached hydrogens (tertiary/aromatic N) is 16. The molecule has 1 aliphatic heterocycles. The van der Waals surface area contributed by atoms with Crippen LogP contribution in [-0.2, 0) is 35.7 Å². The number of aliphatic hydroxyl groups is 4. The lowest BCUT2D eigenvalue weighted by molar-refractivity contribution is 0.00578. The Morgan fingerprint density at radius 2 is 0.860 bits per heavy atom. The van der Waals surface area contributed by atoms with Crippen LogP contribution in [0.2, 0.25) is 5.15 Å². The van der Waals surface area contributed by atoms with Crippen LogP contribution < -0.4 is 16.6 Å². The van der Waals surface area contributed by atoms with E-state index in [1.54, 1.807) is 63.4 Å². The van der Waals surface area contributed by atoms with Crippen LogP contribution in [0.4, 0.5) is 14.6 Å². The molecule has 0 aliphatic carbocycles. The van der Waals surface area contributed by atoms with Crippen LogP contribution >= 0.6 is 50.7 Å². The number of allylic oxidation sites excluding steroid dienone is 2. The van der Waals surface area contributed by atoms with E-state index in [0.717, 1.165) is 78.9 Å². The second-order valence-electron chi connectivity index (χ2n) is 27.4. The van der Waals surface area contributed by atoms with E-state index in [2.05, 4.69) is 81.5 Å². The van der Waals surface area contributed by atoms with Crippen molar-refractivity contribution in [2.45, 2.75) is 168 Å². The van der Waals surface area contributed by atoms with Gasteiger partial charge in [-0.3, -0.25) is 15.8 Å². The first-order valence-corrected chi connectivity index (χ1v) is 37.4. The third-order valence-corrected chi connectivity index (χ3v) is 20.0. The fourth-order valence-electron chi connectivity index (χ4n) is 10.9. The van der Waals surface area contributed by atoms with Crippen LogP contribution in [0.5, 0.6) is 0 Å². The molecule has 0 unspecified atom stereocenters. The summed E-state index contributed by atoms with van der Waals surface area (Å²) in [5, 5.41) is 72.9. The largest absolute Gasteiger partial charge is 0.514 e. The average molecular weight is 1680 g/mol. The van der Waals surface area contributed by atoms with Crippen molar-refractivity contribution in [2.24, 2.45) is 5.73 Å². The number of nitrogens with one attached hydrogen (secondary N) is 3. The smallest absolute Gasteiger partial charge is 0.398 e. The number of halogens is 6. The Hall–Kier alpha value is -10.1. The van der Waals surface area contributed by atoms with Gasteiger partial charge in [0.05, 0.1) is 154 Å². The number of hydrogen-bond donors (Lipinski definition) is 8. The lowest BCUT2D eigenvalue weighted by atomic mass is 9.84. The highest BCUT2D eigenvalue weighted by atomic mass is 79.9. The molecule has 12 aromatic rings. The minimum Gasteiger partial charge on any atom is -0.398 e. The van der Waals surface area contributed by atoms with Crippen molar-refractivity contribution < 1.29 is 38.5 Å². The number of pyridine rings is 4. The summed E-state index contributed by atoms with van der Waals surface area (Å²) in [5.74, 6) is 0.182. The number of nitrogens with two attached hydrogens (primary N) is 1. The zero-order chi connectivity index (χ0) is 82.9. The number of aryl methyl sites for hydroxylation is 4. The van der Waals surface area contributed by atoms with E-state index in [9.17, 15) is 29.2 Å². The highest BCUT2D eigenvalue weighted by Crippen LogP contribution is 2.37. The van der Waals surface area contributed by atoms with Gasteiger partial charge < -0.3 is 59.1 Å². The predicted molar refractivity (Wildman–Crippen MR) is 447 cm³/mol. The molecule has 600 valence electrons. The summed E-state index contributed by atoms with van der Waals surface area (Å²) in [6.45, 7) is 30.0. The molecule has 0 radical (unpaired) electrons. The number of rotatable bonds is 17. The summed E-state index contributed by atoms with van der Waals surface area (Å²) in [4.78, 5) is 34.7. The Labute approximate surface area is 686 Å². The highest BCUT2D eigenvalue weighted by molar-refractivity contribution is 9.10. The molecule has 11 heterocycles. The molecule has 33 heteroatoms. The number of aliphatic hydroxyl groups excluding tert-OH is 4. The summed E-state index contributed by atoms with van der Waals surface area (Å²) < 4.78 is 45.6. The van der Waals surface area contributed by atoms with Gasteiger partial charge in [-0.05, 0) is 244 Å². The van der Waals surface area contributed by atoms with Crippen molar-refractivity contribution in [3.63, 3.8) is 0 Å². The molecule has 0 amide bonds. The number of anilines is 1. The number of aromatic nitrogens is 16. The molecular formula is C81H95BBrCl3F2N20O6. The molecule has 2 atom stereocenters. The van der Waals surface area contributed by atoms with Gasteiger partial charge in [-0.2, -0.15) is 0 Å². The minimum atomic E-state index is -0.538. The second kappa shape index (κ2) is 40.8. The van der Waals surface area contributed by atoms with Gasteiger partial charge in [0.1, 0.15) is 38.0 Å². The lowest BCUT2D eigenvalue weighted by Crippen LogP contribution is -2.41. The molecule has 0 saturated carbocycles. The maximum atomic E-state index is 13.2. The Morgan fingerprint density at radius 3 is 1.23 bits per heavy atom. The molecular weight excluding hydrogens is 1580 g/mol. The van der Waals surface area contributed by atoms with E-state index in [1.165, 1.54) is 24.3 Å². The maximum Gasteiger partial charge on any atom is 0.514 e. The monoisotopic (exact) mass is 1680 g/mol. The third kappa shape index (κ3) is 23.3. The van der Waals surface area contributed by atoms with E-state index in [1.807, 2.05) is 189 Å². The molecule has 2 aromatic carbocycles. The molecule has 1 fully saturated rings. The van der Waals surface area contributed by atoms with Gasteiger partial charge in [0, 0.05) is 30.8 Å². The summed E-state index contributed by atoms with van der Waals surface area (Å²) in [7, 11) is -0.538. The molecule has 26 nitrogen and oxygen atoms in total. The SMILES string of the molecule is C.C/C(C(=N)Cl)=C(\C)C(=N)Cl.C[C@H](N)c1ccc(F)cc1.Cc1cn(-c2ccc(-c3nnc(Cl)c(C)c3C)nc2CO)cn1.Cc1cn(-c2ccc(-c3nnc(N[C@@H](C)c4ccc(F)cc4)c(C)c3C)nc2CO)cn1.Cc1cn(-c2ccc(B3OC(C)(C)C(C)(C)O3)nc2CO)cn1.Cc1cn(-c2ccc(Br)nc2CO)cn1. The first kappa shape index (κ1) is 91.1. The molecule has 114 heavy (non-hydrogen) atoms. The standard InChI is InChI=1S/C24H25FN6O.C16H22BN3O3.C16H16ClN5O.C10H10BrN3O.C8H10FN.C6H8Cl2N2.CH4/c1-14-11-31(13-26-14)22-10-9-20(28-21(22)12-32)23-15(2)16(3)24(30-29-23)27-17(4)18-5-7-19(25)8-6-18;1-11-8-20(10-18-11)13-6-7-14(19-12(13)9-21)17-22-15(2,3)16(4,5)23-17;1-9-6-22(8-18-9)14-5-4-12(19-13(14)7-23)15-10(2)11(3)16(17)21-20-15;1-7-4-14(6-12-7)9-2-3-10(11)13-8(9)5-15;1-6(10)7-2-4-8(9)5-3-7;1-3(5(7)9)4(2)6(8)10;/h5-11,13,17,32H,12H2,1-4H3,(H,27,30);6-8,10,21H,9H2,1-5H3;4-6,8,23H,7H2,1-3H3;2-4,6,15H,5H2,1H3;2-6H,10H2,1H3;9-10H,1-2H3;1H4/b;;;;;4-3-,9-5?,10-6?;/t17-;;;;6-;;/m0...0../s1. The van der Waals surface area contributed by atoms with E-state index in [4.69, 9.17) is 60.7 Å². The summed E-state index contributed by atoms with van der Waals surface area (Å²) >= 11 is 19.9. The van der Waals surface area contributed by atoms with Gasteiger partial charge >= 0.3 is 7.12 Å². The van der Waals surface area contributed by atoms with E-state index in [-0.39, 0.29) is 67.9 Å². The first-order valence-electron chi connectivity index (χ1n) is 35.5. The number of hydrogen-bond acceptors (Lipinski definition) is 22. The first-order chi connectivity index (χ1) is 53.5. The fraction of sp³-hybridized carbons (Fsp3) is 0.309. The summed E-state index contributed by atoms with van der Waals surface area (Å²) in [5.41, 5.74) is 23.8. The Balaban J connectivity index is 0.000000198. The lowest BCUT2D eigenvalue weighted by Gasteiger charge is -2.32. The molecule has 13 rings (SSSR count). The van der Waals surface area contributed by atoms with Crippen LogP contribution in [0, 0.1) is 77.8 Å². The van der Waals surface area contributed by atoms with Crippen molar-refractivity contribution in [2.75, 3.05) is 5.32 Å². The van der Waals surface area contributed by atoms with Crippen LogP contribution in [0.1, 0.15) is 154 Å². The number of imidazole rings is 4. The Kier molecular flexibility index (Phi) is 32.6. The fourth-order valence-corrected chi connectivity index (χ4v) is 11.7. The van der Waals surface area contributed by atoms with Gasteiger partial charge in [-0.1, -0.05) is 66.5 Å². The molecule has 1 aliphatic rings. The van der Waals surface area contributed by atoms with Crippen LogP contribution in [0.25, 0.3) is 45.5 Å². The van der Waals surface area contributed by atoms with Gasteiger partial charge in [0.2, 0.25) is 0 Å². The zero-order valence-electron chi connectivity index (χ0n) is 65.5. The normalized spacial score (nSPS) is 13.1. The predicted octanol–water partition coefficient (Wildman–Crippen LogP) is 15.7. The quantitative estimate of drug-likeness (QED) is 0.0238. The van der Waals surface area contributed by atoms with Crippen LogP contribution in [-0.4, -0.2) is 128 Å². The van der Waals surface area contributed by atoms with Crippen molar-refractivity contribution in [1.82, 2.24) is 78.5 Å². The summed E-state index contributed by atoms with van der Waals surface area (Å²) in [6, 6.07) is 27.5. The Bertz CT molecular complexity index is 5290. The summed E-state index contributed by atoms with van der Waals surface area (Å²) in [6.07, 6.45) is 14.4. The van der Waals surface area contributed by atoms with Crippen molar-refractivity contribution in [3.05, 3.63) is 259 Å². The van der Waals surface area contributed by atoms with Crippen molar-refractivity contribution >= 4 is 79.6 Å². The molecule has 10 aromatic heterocycles. The Morgan fingerprint density at radius 1 is 0.509 bits per heavy atom. The molecule has 0 bridgehead atoms. The van der Waals surface area contributed by atoms with E-state index in [0.29, 0.717) is 77.9 Å². The van der Waals surface area contributed by atoms with Gasteiger partial charge in [-0.25, -0.2) is 43.7 Å². The average Bonchev–Trinajstić information content (AvgIpc) is 1.62. The minimum absolute atomic E-state index is 0. The van der Waals surface area contributed by atoms with Crippen molar-refractivity contribution in [3.8, 4) is 45.5 Å². The topological polar surface area (TPSA) is 360 Å². The zero-order valence-corrected chi connectivity index (χ0v) is 69.4. The van der Waals surface area contributed by atoms with Crippen LogP contribution in [0.15, 0.2) is 163 Å². The van der Waals surface area contributed by atoms with Gasteiger partial charge in [0.15, 0.2) is 11.0 Å². The molecule has 1 saturated heterocycles. The van der Waals surface area contributed by atoms with Crippen molar-refractivity contribution in [1.29, 1.82) is 10.8 Å². The molecule has 9 N–H and O–H groups in total. The number of benzene rings is 2. The van der Waals surface area contributed by atoms with Crippen LogP contribution in [0.3, 0.4) is 0 Å².